The molecule has 1 aromatic rings. The highest BCUT2D eigenvalue weighted by Gasteiger charge is 2.13. The number of amides is 1. The predicted octanol–water partition coefficient (Wildman–Crippen LogP) is 2.73. The van der Waals surface area contributed by atoms with Gasteiger partial charge in [-0.2, -0.15) is 0 Å². The number of hydrogen-bond donors (Lipinski definition) is 1. The lowest BCUT2D eigenvalue weighted by Gasteiger charge is -2.20. The summed E-state index contributed by atoms with van der Waals surface area (Å²) in [7, 11) is 3.96. The molecule has 5 heteroatoms. The Balaban J connectivity index is 2.66. The fourth-order valence-corrected chi connectivity index (χ4v) is 1.86. The van der Waals surface area contributed by atoms with Crippen LogP contribution in [0.1, 0.15) is 6.42 Å². The van der Waals surface area contributed by atoms with Gasteiger partial charge in [-0.05, 0) is 73.9 Å². The van der Waals surface area contributed by atoms with Gasteiger partial charge in [0, 0.05) is 15.8 Å². The van der Waals surface area contributed by atoms with E-state index >= 15 is 0 Å². The highest BCUT2D eigenvalue weighted by atomic mass is 127. The number of anilines is 1. The standard InChI is InChI=1S/C12H17IN2O2/c1-14(2)8-3-9-15(12(16)17)11-6-4-10(13)5-7-11/h4-7H,3,8-9H2,1-2H3,(H,16,17). The van der Waals surface area contributed by atoms with Crippen molar-refractivity contribution < 1.29 is 9.90 Å². The van der Waals surface area contributed by atoms with E-state index in [2.05, 4.69) is 22.6 Å². The van der Waals surface area contributed by atoms with E-state index in [1.54, 1.807) is 0 Å². The van der Waals surface area contributed by atoms with E-state index < -0.39 is 6.09 Å². The molecule has 0 fully saturated rings. The maximum absolute atomic E-state index is 11.2. The van der Waals surface area contributed by atoms with Crippen LogP contribution in [0.15, 0.2) is 24.3 Å². The molecule has 0 aromatic heterocycles. The van der Waals surface area contributed by atoms with Crippen LogP contribution < -0.4 is 4.90 Å². The number of carbonyl (C=O) groups is 1. The predicted molar refractivity (Wildman–Crippen MR) is 77.7 cm³/mol. The fourth-order valence-electron chi connectivity index (χ4n) is 1.50. The number of halogens is 1. The summed E-state index contributed by atoms with van der Waals surface area (Å²) in [6.45, 7) is 1.41. The number of benzene rings is 1. The van der Waals surface area contributed by atoms with Crippen LogP contribution in [0, 0.1) is 3.57 Å². The molecule has 1 amide bonds. The summed E-state index contributed by atoms with van der Waals surface area (Å²) in [5.41, 5.74) is 0.733. The van der Waals surface area contributed by atoms with E-state index in [9.17, 15) is 9.90 Å². The van der Waals surface area contributed by atoms with Gasteiger partial charge in [-0.25, -0.2) is 4.79 Å². The van der Waals surface area contributed by atoms with E-state index in [4.69, 9.17) is 0 Å². The smallest absolute Gasteiger partial charge is 0.411 e. The molecule has 0 spiro atoms. The van der Waals surface area contributed by atoms with Crippen molar-refractivity contribution in [3.8, 4) is 0 Å². The minimum Gasteiger partial charge on any atom is -0.465 e. The average molecular weight is 348 g/mol. The van der Waals surface area contributed by atoms with E-state index in [1.165, 1.54) is 4.90 Å². The van der Waals surface area contributed by atoms with Gasteiger partial charge < -0.3 is 10.0 Å². The maximum Gasteiger partial charge on any atom is 0.411 e. The molecular weight excluding hydrogens is 331 g/mol. The van der Waals surface area contributed by atoms with Crippen molar-refractivity contribution in [3.63, 3.8) is 0 Å². The molecule has 94 valence electrons. The molecule has 0 atom stereocenters. The highest BCUT2D eigenvalue weighted by molar-refractivity contribution is 14.1. The molecule has 1 rings (SSSR count). The van der Waals surface area contributed by atoms with Crippen molar-refractivity contribution in [1.29, 1.82) is 0 Å². The lowest BCUT2D eigenvalue weighted by atomic mass is 10.3. The molecular formula is C12H17IN2O2. The SMILES string of the molecule is CN(C)CCCN(C(=O)O)c1ccc(I)cc1. The Kier molecular flexibility index (Phi) is 5.70. The van der Waals surface area contributed by atoms with Crippen LogP contribution in [0.5, 0.6) is 0 Å². The van der Waals surface area contributed by atoms with Gasteiger partial charge in [0.1, 0.15) is 0 Å². The third kappa shape index (κ3) is 4.91. The van der Waals surface area contributed by atoms with Gasteiger partial charge in [0.05, 0.1) is 0 Å². The monoisotopic (exact) mass is 348 g/mol. The first-order valence-electron chi connectivity index (χ1n) is 5.41. The van der Waals surface area contributed by atoms with Crippen molar-refractivity contribution >= 4 is 34.4 Å². The average Bonchev–Trinajstić information content (AvgIpc) is 2.25. The molecule has 4 nitrogen and oxygen atoms in total. The van der Waals surface area contributed by atoms with Gasteiger partial charge in [0.2, 0.25) is 0 Å². The van der Waals surface area contributed by atoms with Crippen molar-refractivity contribution in [2.75, 3.05) is 32.1 Å². The third-order valence-corrected chi connectivity index (χ3v) is 3.08. The number of carboxylic acid groups (broad SMARTS) is 1. The minimum absolute atomic E-state index is 0.522. The molecule has 0 heterocycles. The first kappa shape index (κ1) is 14.2. The molecule has 0 aliphatic carbocycles. The number of nitrogens with zero attached hydrogens (tertiary/aromatic N) is 2. The molecule has 17 heavy (non-hydrogen) atoms. The van der Waals surface area contributed by atoms with Gasteiger partial charge >= 0.3 is 6.09 Å². The fraction of sp³-hybridized carbons (Fsp3) is 0.417. The Morgan fingerprint density at radius 1 is 1.24 bits per heavy atom. The minimum atomic E-state index is -0.898. The lowest BCUT2D eigenvalue weighted by molar-refractivity contribution is 0.201. The highest BCUT2D eigenvalue weighted by Crippen LogP contribution is 2.16. The zero-order valence-corrected chi connectivity index (χ0v) is 12.2. The lowest BCUT2D eigenvalue weighted by Crippen LogP contribution is -2.32. The van der Waals surface area contributed by atoms with Crippen LogP contribution >= 0.6 is 22.6 Å². The van der Waals surface area contributed by atoms with E-state index in [1.807, 2.05) is 43.3 Å². The van der Waals surface area contributed by atoms with Crippen LogP contribution in [0.25, 0.3) is 0 Å². The van der Waals surface area contributed by atoms with Crippen molar-refractivity contribution in [2.45, 2.75) is 6.42 Å². The molecule has 0 aliphatic heterocycles. The van der Waals surface area contributed by atoms with Crippen LogP contribution in [-0.4, -0.2) is 43.3 Å². The Hall–Kier alpha value is -0.820. The topological polar surface area (TPSA) is 43.8 Å². The van der Waals surface area contributed by atoms with Crippen molar-refractivity contribution in [1.82, 2.24) is 4.90 Å². The first-order valence-corrected chi connectivity index (χ1v) is 6.49. The van der Waals surface area contributed by atoms with Crippen LogP contribution in [0.3, 0.4) is 0 Å². The van der Waals surface area contributed by atoms with E-state index in [0.717, 1.165) is 22.2 Å². The summed E-state index contributed by atoms with van der Waals surface area (Å²) in [5.74, 6) is 0. The summed E-state index contributed by atoms with van der Waals surface area (Å²) in [6.07, 6.45) is -0.0735. The molecule has 0 saturated heterocycles. The second-order valence-electron chi connectivity index (χ2n) is 4.07. The second-order valence-corrected chi connectivity index (χ2v) is 5.31. The summed E-state index contributed by atoms with van der Waals surface area (Å²) in [4.78, 5) is 14.6. The Bertz CT molecular complexity index is 365. The number of hydrogen-bond acceptors (Lipinski definition) is 2. The molecule has 0 bridgehead atoms. The summed E-state index contributed by atoms with van der Waals surface area (Å²) in [6, 6.07) is 7.51. The van der Waals surface area contributed by atoms with Gasteiger partial charge in [0.15, 0.2) is 0 Å². The largest absolute Gasteiger partial charge is 0.465 e. The molecule has 0 aliphatic rings. The van der Waals surface area contributed by atoms with Crippen LogP contribution in [0.2, 0.25) is 0 Å². The summed E-state index contributed by atoms with van der Waals surface area (Å²) >= 11 is 2.20. The summed E-state index contributed by atoms with van der Waals surface area (Å²) < 4.78 is 1.10. The van der Waals surface area contributed by atoms with Crippen molar-refractivity contribution in [2.24, 2.45) is 0 Å². The quantitative estimate of drug-likeness (QED) is 0.833. The molecule has 1 aromatic carbocycles. The normalized spacial score (nSPS) is 10.6. The van der Waals surface area contributed by atoms with Crippen LogP contribution in [-0.2, 0) is 0 Å². The van der Waals surface area contributed by atoms with Crippen molar-refractivity contribution in [3.05, 3.63) is 27.8 Å². The molecule has 1 N–H and O–H groups in total. The van der Waals surface area contributed by atoms with Crippen LogP contribution in [0.4, 0.5) is 10.5 Å². The Labute approximate surface area is 115 Å². The van der Waals surface area contributed by atoms with Gasteiger partial charge in [-0.3, -0.25) is 4.90 Å². The molecule has 0 unspecified atom stereocenters. The van der Waals surface area contributed by atoms with Gasteiger partial charge in [0.25, 0.3) is 0 Å². The molecule has 0 radical (unpaired) electrons. The maximum atomic E-state index is 11.2. The number of rotatable bonds is 5. The zero-order chi connectivity index (χ0) is 12.8. The van der Waals surface area contributed by atoms with E-state index in [0.29, 0.717) is 6.54 Å². The Morgan fingerprint density at radius 3 is 2.29 bits per heavy atom. The molecule has 0 saturated carbocycles. The van der Waals surface area contributed by atoms with Gasteiger partial charge in [-0.15, -0.1) is 0 Å². The first-order chi connectivity index (χ1) is 8.00. The van der Waals surface area contributed by atoms with E-state index in [-0.39, 0.29) is 0 Å². The zero-order valence-electron chi connectivity index (χ0n) is 10.1. The van der Waals surface area contributed by atoms with Gasteiger partial charge in [-0.1, -0.05) is 0 Å². The third-order valence-electron chi connectivity index (χ3n) is 2.36. The Morgan fingerprint density at radius 2 is 1.82 bits per heavy atom. The summed E-state index contributed by atoms with van der Waals surface area (Å²) in [5, 5.41) is 9.17. The second kappa shape index (κ2) is 6.80.